The lowest BCUT2D eigenvalue weighted by molar-refractivity contribution is -0.217. The van der Waals surface area contributed by atoms with Crippen molar-refractivity contribution in [2.24, 2.45) is 0 Å². The molecule has 0 spiro atoms. The highest BCUT2D eigenvalue weighted by Gasteiger charge is 2.23. The number of nitrogens with zero attached hydrogens (tertiary/aromatic N) is 5. The number of carboxylic acids is 1. The van der Waals surface area contributed by atoms with Gasteiger partial charge in [-0.3, -0.25) is 28.9 Å². The molecule has 0 radical (unpaired) electrons. The van der Waals surface area contributed by atoms with Crippen LogP contribution in [0.1, 0.15) is 27.7 Å². The monoisotopic (exact) mass is 489 g/mol. The van der Waals surface area contributed by atoms with Gasteiger partial charge in [-0.15, -0.1) is 15.2 Å². The summed E-state index contributed by atoms with van der Waals surface area (Å²) in [5, 5.41) is 13.3. The molecule has 1 fully saturated rings. The molecular weight excluding hydrogens is 454 g/mol. The Morgan fingerprint density at radius 1 is 0.706 bits per heavy atom. The molecule has 194 valence electrons. The first-order valence-electron chi connectivity index (χ1n) is 11.0. The van der Waals surface area contributed by atoms with Crippen molar-refractivity contribution < 1.29 is 43.6 Å². The van der Waals surface area contributed by atoms with Gasteiger partial charge in [0.25, 0.3) is 0 Å². The van der Waals surface area contributed by atoms with E-state index in [2.05, 4.69) is 0 Å². The Morgan fingerprint density at radius 3 is 1.35 bits per heavy atom. The minimum absolute atomic E-state index is 0.0669. The van der Waals surface area contributed by atoms with Crippen LogP contribution in [-0.2, 0) is 38.5 Å². The van der Waals surface area contributed by atoms with Crippen molar-refractivity contribution >= 4 is 29.8 Å². The topological polar surface area (TPSA) is 149 Å². The average Bonchev–Trinajstić information content (AvgIpc) is 2.72. The number of hydroxylamine groups is 6. The predicted octanol–water partition coefficient (Wildman–Crippen LogP) is -1.42. The maximum absolute atomic E-state index is 12.7. The Balaban J connectivity index is 3.01. The first kappa shape index (κ1) is 29.2. The molecule has 1 rings (SSSR count). The summed E-state index contributed by atoms with van der Waals surface area (Å²) < 4.78 is 0. The zero-order valence-corrected chi connectivity index (χ0v) is 20.2. The molecule has 34 heavy (non-hydrogen) atoms. The Kier molecular flexibility index (Phi) is 13.0. The quantitative estimate of drug-likeness (QED) is 0.425. The van der Waals surface area contributed by atoms with E-state index in [9.17, 15) is 24.0 Å². The SMILES string of the molecule is CCN(CC(=O)O)C(=O)CN1CCN(OC(C)=O)CCN(OC(C)=O)CCN(OC(C)=O)CC1. The van der Waals surface area contributed by atoms with Crippen LogP contribution >= 0.6 is 0 Å². The van der Waals surface area contributed by atoms with Crippen molar-refractivity contribution in [1.29, 1.82) is 0 Å². The normalized spacial score (nSPS) is 17.6. The van der Waals surface area contributed by atoms with Crippen molar-refractivity contribution in [3.05, 3.63) is 0 Å². The lowest BCUT2D eigenvalue weighted by Crippen LogP contribution is -2.49. The third-order valence-electron chi connectivity index (χ3n) is 4.72. The molecule has 0 aromatic carbocycles. The molecular formula is C20H35N5O9. The fourth-order valence-corrected chi connectivity index (χ4v) is 3.21. The number of carboxylic acid groups (broad SMARTS) is 1. The van der Waals surface area contributed by atoms with E-state index in [1.165, 1.54) is 40.9 Å². The first-order valence-corrected chi connectivity index (χ1v) is 11.0. The molecule has 1 amide bonds. The van der Waals surface area contributed by atoms with Gasteiger partial charge in [-0.2, -0.15) is 0 Å². The molecule has 0 unspecified atom stereocenters. The third kappa shape index (κ3) is 12.4. The summed E-state index contributed by atoms with van der Waals surface area (Å²) in [5.41, 5.74) is 0. The summed E-state index contributed by atoms with van der Waals surface area (Å²) in [6.45, 7) is 7.16. The molecule has 14 nitrogen and oxygen atoms in total. The van der Waals surface area contributed by atoms with Gasteiger partial charge < -0.3 is 24.5 Å². The van der Waals surface area contributed by atoms with Crippen molar-refractivity contribution in [3.8, 4) is 0 Å². The molecule has 1 aliphatic heterocycles. The largest absolute Gasteiger partial charge is 0.480 e. The van der Waals surface area contributed by atoms with Gasteiger partial charge in [-0.1, -0.05) is 0 Å². The number of carbonyl (C=O) groups is 5. The van der Waals surface area contributed by atoms with E-state index in [-0.39, 0.29) is 58.3 Å². The summed E-state index contributed by atoms with van der Waals surface area (Å²) in [6.07, 6.45) is 0. The van der Waals surface area contributed by atoms with Crippen molar-refractivity contribution in [3.63, 3.8) is 0 Å². The highest BCUT2D eigenvalue weighted by molar-refractivity contribution is 5.82. The van der Waals surface area contributed by atoms with Crippen molar-refractivity contribution in [1.82, 2.24) is 25.0 Å². The minimum Gasteiger partial charge on any atom is -0.480 e. The van der Waals surface area contributed by atoms with E-state index in [0.717, 1.165) is 0 Å². The number of aliphatic carboxylic acids is 1. The zero-order chi connectivity index (χ0) is 25.7. The van der Waals surface area contributed by atoms with E-state index in [4.69, 9.17) is 19.6 Å². The maximum atomic E-state index is 12.7. The van der Waals surface area contributed by atoms with Crippen LogP contribution in [-0.4, -0.2) is 132 Å². The van der Waals surface area contributed by atoms with Crippen LogP contribution in [0.15, 0.2) is 0 Å². The molecule has 0 aliphatic carbocycles. The highest BCUT2D eigenvalue weighted by atomic mass is 16.7. The zero-order valence-electron chi connectivity index (χ0n) is 20.2. The van der Waals surface area contributed by atoms with E-state index in [1.807, 2.05) is 0 Å². The Labute approximate surface area is 198 Å². The summed E-state index contributed by atoms with van der Waals surface area (Å²) in [7, 11) is 0. The second kappa shape index (κ2) is 15.2. The van der Waals surface area contributed by atoms with Gasteiger partial charge >= 0.3 is 23.9 Å². The van der Waals surface area contributed by atoms with Gasteiger partial charge in [0.15, 0.2) is 0 Å². The smallest absolute Gasteiger partial charge is 0.323 e. The fraction of sp³-hybridized carbons (Fsp3) is 0.750. The van der Waals surface area contributed by atoms with Crippen LogP contribution in [0.3, 0.4) is 0 Å². The van der Waals surface area contributed by atoms with Gasteiger partial charge in [0.05, 0.1) is 32.7 Å². The summed E-state index contributed by atoms with van der Waals surface area (Å²) >= 11 is 0. The number of carbonyl (C=O) groups excluding carboxylic acids is 4. The fourth-order valence-electron chi connectivity index (χ4n) is 3.21. The number of hydrogen-bond donors (Lipinski definition) is 1. The maximum Gasteiger partial charge on any atom is 0.323 e. The molecule has 14 heteroatoms. The standard InChI is InChI=1S/C20H35N5O9/c1-5-22(15-20(30)31)19(29)14-21-6-8-23(32-16(2)26)10-12-25(34-18(4)28)13-11-24(9-7-21)33-17(3)27/h5-15H2,1-4H3,(H,30,31). The molecule has 1 saturated heterocycles. The van der Waals surface area contributed by atoms with Crippen LogP contribution in [0.2, 0.25) is 0 Å². The number of rotatable bonds is 8. The first-order chi connectivity index (χ1) is 16.0. The van der Waals surface area contributed by atoms with Crippen LogP contribution in [0.25, 0.3) is 0 Å². The van der Waals surface area contributed by atoms with Crippen LogP contribution < -0.4 is 0 Å². The van der Waals surface area contributed by atoms with Crippen molar-refractivity contribution in [2.75, 3.05) is 72.0 Å². The molecule has 0 atom stereocenters. The van der Waals surface area contributed by atoms with E-state index < -0.39 is 30.4 Å². The van der Waals surface area contributed by atoms with Gasteiger partial charge in [-0.25, -0.2) is 0 Å². The lowest BCUT2D eigenvalue weighted by atomic mass is 10.3. The van der Waals surface area contributed by atoms with Crippen LogP contribution in [0.5, 0.6) is 0 Å². The molecule has 0 aromatic rings. The Hall–Kier alpha value is -2.81. The second-order valence-corrected chi connectivity index (χ2v) is 7.61. The lowest BCUT2D eigenvalue weighted by Gasteiger charge is -2.32. The Morgan fingerprint density at radius 2 is 1.06 bits per heavy atom. The molecule has 0 saturated carbocycles. The molecule has 0 aromatic heterocycles. The van der Waals surface area contributed by atoms with Crippen LogP contribution in [0, 0.1) is 0 Å². The number of likely N-dealkylation sites (N-methyl/N-ethyl adjacent to an activating group) is 1. The second-order valence-electron chi connectivity index (χ2n) is 7.61. The third-order valence-corrected chi connectivity index (χ3v) is 4.72. The number of hydrogen-bond acceptors (Lipinski definition) is 12. The van der Waals surface area contributed by atoms with Crippen molar-refractivity contribution in [2.45, 2.75) is 27.7 Å². The predicted molar refractivity (Wildman–Crippen MR) is 116 cm³/mol. The van der Waals surface area contributed by atoms with Gasteiger partial charge in [0, 0.05) is 53.5 Å². The minimum atomic E-state index is -1.11. The summed E-state index contributed by atoms with van der Waals surface area (Å²) in [5.74, 6) is -3.03. The summed E-state index contributed by atoms with van der Waals surface area (Å²) in [6, 6.07) is 0. The molecule has 1 N–H and O–H groups in total. The highest BCUT2D eigenvalue weighted by Crippen LogP contribution is 2.04. The van der Waals surface area contributed by atoms with Gasteiger partial charge in [0.2, 0.25) is 5.91 Å². The summed E-state index contributed by atoms with van der Waals surface area (Å²) in [4.78, 5) is 76.9. The van der Waals surface area contributed by atoms with E-state index in [0.29, 0.717) is 13.1 Å². The molecule has 1 aliphatic rings. The number of amides is 1. The average molecular weight is 490 g/mol. The van der Waals surface area contributed by atoms with Gasteiger partial charge in [-0.05, 0) is 6.92 Å². The molecule has 1 heterocycles. The Bertz CT molecular complexity index is 689. The molecule has 0 bridgehead atoms. The van der Waals surface area contributed by atoms with Crippen LogP contribution in [0.4, 0.5) is 0 Å². The van der Waals surface area contributed by atoms with Gasteiger partial charge in [0.1, 0.15) is 6.54 Å². The van der Waals surface area contributed by atoms with E-state index in [1.54, 1.807) is 11.8 Å². The van der Waals surface area contributed by atoms with E-state index >= 15 is 0 Å².